The van der Waals surface area contributed by atoms with Crippen molar-refractivity contribution >= 4 is 17.5 Å². The average molecular weight is 277 g/mol. The Balaban J connectivity index is 2.12. The molecule has 1 aliphatic rings. The molecule has 1 aliphatic heterocycles. The van der Waals surface area contributed by atoms with E-state index in [0.717, 1.165) is 5.56 Å². The number of ether oxygens (including phenoxy) is 1. The highest BCUT2D eigenvalue weighted by Crippen LogP contribution is 2.19. The van der Waals surface area contributed by atoms with E-state index < -0.39 is 5.91 Å². The minimum absolute atomic E-state index is 0.107. The third kappa shape index (κ3) is 3.48. The molecule has 108 valence electrons. The Kier molecular flexibility index (Phi) is 4.57. The van der Waals surface area contributed by atoms with Gasteiger partial charge in [0.15, 0.2) is 0 Å². The molecule has 1 aromatic carbocycles. The maximum Gasteiger partial charge on any atom is 0.237 e. The molecule has 1 saturated heterocycles. The molecule has 2 amide bonds. The van der Waals surface area contributed by atoms with Gasteiger partial charge >= 0.3 is 0 Å². The van der Waals surface area contributed by atoms with Crippen LogP contribution in [-0.4, -0.2) is 36.5 Å². The highest BCUT2D eigenvalue weighted by atomic mass is 16.5. The van der Waals surface area contributed by atoms with Gasteiger partial charge in [-0.25, -0.2) is 0 Å². The van der Waals surface area contributed by atoms with Crippen LogP contribution in [0.4, 0.5) is 5.69 Å². The summed E-state index contributed by atoms with van der Waals surface area (Å²) in [6.07, 6.45) is 0.679. The number of hydrogen-bond acceptors (Lipinski definition) is 4. The van der Waals surface area contributed by atoms with Crippen molar-refractivity contribution in [3.8, 4) is 0 Å². The number of benzene rings is 1. The number of carbonyl (C=O) groups is 2. The second-order valence-corrected chi connectivity index (χ2v) is 4.92. The minimum atomic E-state index is -0.535. The molecule has 0 aliphatic carbocycles. The van der Waals surface area contributed by atoms with E-state index in [1.807, 2.05) is 18.2 Å². The van der Waals surface area contributed by atoms with Gasteiger partial charge < -0.3 is 21.1 Å². The number of anilines is 1. The van der Waals surface area contributed by atoms with E-state index in [1.54, 1.807) is 6.07 Å². The van der Waals surface area contributed by atoms with E-state index in [-0.39, 0.29) is 24.9 Å². The van der Waals surface area contributed by atoms with Crippen LogP contribution in [0, 0.1) is 5.92 Å². The number of nitrogens with two attached hydrogens (primary N) is 2. The number of carbonyl (C=O) groups excluding carboxylic acids is 2. The molecule has 6 heteroatoms. The molecule has 1 atom stereocenters. The molecule has 0 aromatic heterocycles. The maximum absolute atomic E-state index is 12.4. The highest BCUT2D eigenvalue weighted by molar-refractivity contribution is 5.85. The van der Waals surface area contributed by atoms with Gasteiger partial charge in [0.05, 0.1) is 19.1 Å². The Hall–Kier alpha value is -2.08. The summed E-state index contributed by atoms with van der Waals surface area (Å²) >= 11 is 0. The number of nitrogens with zero attached hydrogens (tertiary/aromatic N) is 1. The van der Waals surface area contributed by atoms with Gasteiger partial charge in [0, 0.05) is 18.8 Å². The Morgan fingerprint density at radius 1 is 1.35 bits per heavy atom. The van der Waals surface area contributed by atoms with Gasteiger partial charge in [-0.05, 0) is 18.1 Å². The third-order valence-electron chi connectivity index (χ3n) is 3.35. The van der Waals surface area contributed by atoms with Gasteiger partial charge in [-0.1, -0.05) is 18.2 Å². The van der Waals surface area contributed by atoms with Gasteiger partial charge in [0.2, 0.25) is 11.8 Å². The number of para-hydroxylation sites is 1. The predicted octanol–water partition coefficient (Wildman–Crippen LogP) is 0.119. The smallest absolute Gasteiger partial charge is 0.237 e. The molecule has 1 unspecified atom stereocenters. The van der Waals surface area contributed by atoms with E-state index in [2.05, 4.69) is 0 Å². The van der Waals surface area contributed by atoms with E-state index >= 15 is 0 Å². The summed E-state index contributed by atoms with van der Waals surface area (Å²) in [4.78, 5) is 25.0. The number of amides is 2. The van der Waals surface area contributed by atoms with Crippen molar-refractivity contribution in [3.05, 3.63) is 29.8 Å². The van der Waals surface area contributed by atoms with E-state index in [0.29, 0.717) is 25.3 Å². The van der Waals surface area contributed by atoms with Gasteiger partial charge in [0.1, 0.15) is 0 Å². The number of primary amides is 1. The molecule has 0 spiro atoms. The molecule has 0 bridgehead atoms. The number of hydrogen-bond donors (Lipinski definition) is 2. The summed E-state index contributed by atoms with van der Waals surface area (Å²) in [7, 11) is 0. The lowest BCUT2D eigenvalue weighted by molar-refractivity contribution is -0.139. The lowest BCUT2D eigenvalue weighted by Crippen LogP contribution is -2.41. The highest BCUT2D eigenvalue weighted by Gasteiger charge is 2.29. The first-order valence-corrected chi connectivity index (χ1v) is 6.56. The topological polar surface area (TPSA) is 98.7 Å². The van der Waals surface area contributed by atoms with Crippen molar-refractivity contribution in [2.24, 2.45) is 11.7 Å². The standard InChI is InChI=1S/C14H19N3O3/c15-12-4-2-1-3-10(12)7-17(8-13(16)18)14(19)11-5-6-20-9-11/h1-4,11H,5-9,15H2,(H2,16,18). The summed E-state index contributed by atoms with van der Waals surface area (Å²) in [5, 5.41) is 0. The monoisotopic (exact) mass is 277 g/mol. The van der Waals surface area contributed by atoms with Crippen molar-refractivity contribution in [2.45, 2.75) is 13.0 Å². The van der Waals surface area contributed by atoms with Crippen LogP contribution in [0.2, 0.25) is 0 Å². The molecule has 1 fully saturated rings. The van der Waals surface area contributed by atoms with Crippen LogP contribution in [0.3, 0.4) is 0 Å². The summed E-state index contributed by atoms with van der Waals surface area (Å²) in [5.41, 5.74) is 12.5. The summed E-state index contributed by atoms with van der Waals surface area (Å²) in [6.45, 7) is 1.15. The number of rotatable bonds is 5. The second-order valence-electron chi connectivity index (χ2n) is 4.92. The first-order chi connectivity index (χ1) is 9.58. The van der Waals surface area contributed by atoms with Crippen LogP contribution in [-0.2, 0) is 20.9 Å². The van der Waals surface area contributed by atoms with Crippen LogP contribution in [0.25, 0.3) is 0 Å². The molecule has 4 N–H and O–H groups in total. The molecule has 1 heterocycles. The molecule has 6 nitrogen and oxygen atoms in total. The third-order valence-corrected chi connectivity index (χ3v) is 3.35. The van der Waals surface area contributed by atoms with Crippen LogP contribution in [0.1, 0.15) is 12.0 Å². The maximum atomic E-state index is 12.4. The molecule has 0 radical (unpaired) electrons. The van der Waals surface area contributed by atoms with Crippen LogP contribution in [0.15, 0.2) is 24.3 Å². The van der Waals surface area contributed by atoms with Gasteiger partial charge in [-0.2, -0.15) is 0 Å². The Morgan fingerprint density at radius 3 is 2.70 bits per heavy atom. The lowest BCUT2D eigenvalue weighted by atomic mass is 10.1. The zero-order valence-corrected chi connectivity index (χ0v) is 11.2. The van der Waals surface area contributed by atoms with Gasteiger partial charge in [0.25, 0.3) is 0 Å². The molecule has 1 aromatic rings. The zero-order chi connectivity index (χ0) is 14.5. The van der Waals surface area contributed by atoms with Crippen molar-refractivity contribution in [1.82, 2.24) is 4.90 Å². The van der Waals surface area contributed by atoms with Gasteiger partial charge in [-0.3, -0.25) is 9.59 Å². The Labute approximate surface area is 117 Å². The normalized spacial score (nSPS) is 17.9. The second kappa shape index (κ2) is 6.38. The van der Waals surface area contributed by atoms with Crippen molar-refractivity contribution in [2.75, 3.05) is 25.5 Å². The van der Waals surface area contributed by atoms with E-state index in [4.69, 9.17) is 16.2 Å². The lowest BCUT2D eigenvalue weighted by Gasteiger charge is -2.24. The summed E-state index contributed by atoms with van der Waals surface area (Å²) in [6, 6.07) is 7.27. The molecular weight excluding hydrogens is 258 g/mol. The first-order valence-electron chi connectivity index (χ1n) is 6.56. The van der Waals surface area contributed by atoms with Crippen LogP contribution >= 0.6 is 0 Å². The quantitative estimate of drug-likeness (QED) is 0.747. The average Bonchev–Trinajstić information content (AvgIpc) is 2.93. The minimum Gasteiger partial charge on any atom is -0.398 e. The van der Waals surface area contributed by atoms with Gasteiger partial charge in [-0.15, -0.1) is 0 Å². The summed E-state index contributed by atoms with van der Waals surface area (Å²) < 4.78 is 5.22. The molecular formula is C14H19N3O3. The Morgan fingerprint density at radius 2 is 2.10 bits per heavy atom. The van der Waals surface area contributed by atoms with Crippen molar-refractivity contribution < 1.29 is 14.3 Å². The predicted molar refractivity (Wildman–Crippen MR) is 74.4 cm³/mol. The van der Waals surface area contributed by atoms with Crippen molar-refractivity contribution in [3.63, 3.8) is 0 Å². The van der Waals surface area contributed by atoms with Crippen LogP contribution < -0.4 is 11.5 Å². The van der Waals surface area contributed by atoms with E-state index in [1.165, 1.54) is 4.90 Å². The van der Waals surface area contributed by atoms with Crippen LogP contribution in [0.5, 0.6) is 0 Å². The van der Waals surface area contributed by atoms with E-state index in [9.17, 15) is 9.59 Å². The SMILES string of the molecule is NC(=O)CN(Cc1ccccc1N)C(=O)C1CCOC1. The Bertz CT molecular complexity index is 498. The molecule has 0 saturated carbocycles. The summed E-state index contributed by atoms with van der Waals surface area (Å²) in [5.74, 6) is -0.837. The van der Waals surface area contributed by atoms with Crippen molar-refractivity contribution in [1.29, 1.82) is 0 Å². The fourth-order valence-corrected chi connectivity index (χ4v) is 2.27. The number of nitrogen functional groups attached to an aromatic ring is 1. The molecule has 20 heavy (non-hydrogen) atoms. The zero-order valence-electron chi connectivity index (χ0n) is 11.2. The molecule has 2 rings (SSSR count). The fraction of sp³-hybridized carbons (Fsp3) is 0.429. The largest absolute Gasteiger partial charge is 0.398 e. The fourth-order valence-electron chi connectivity index (χ4n) is 2.27. The first kappa shape index (κ1) is 14.3.